The Bertz CT molecular complexity index is 965. The molecule has 2 aromatic rings. The second kappa shape index (κ2) is 10.8. The highest BCUT2D eigenvalue weighted by Gasteiger charge is 2.30. The Morgan fingerprint density at radius 1 is 1.10 bits per heavy atom. The fourth-order valence-electron chi connectivity index (χ4n) is 3.66. The summed E-state index contributed by atoms with van der Waals surface area (Å²) < 4.78 is 32.2. The largest absolute Gasteiger partial charge is 0.457 e. The zero-order valence-corrected chi connectivity index (χ0v) is 19.2. The highest BCUT2D eigenvalue weighted by molar-refractivity contribution is 7.89. The fourth-order valence-corrected chi connectivity index (χ4v) is 5.34. The molecule has 0 radical (unpaired) electrons. The van der Waals surface area contributed by atoms with Crippen LogP contribution in [0.4, 0.5) is 0 Å². The minimum Gasteiger partial charge on any atom is -0.457 e. The number of carbonyl (C=O) groups excluding carboxylic acids is 1. The van der Waals surface area contributed by atoms with E-state index in [1.807, 2.05) is 62.4 Å². The molecule has 31 heavy (non-hydrogen) atoms. The van der Waals surface area contributed by atoms with Gasteiger partial charge in [0.05, 0.1) is 5.75 Å². The third-order valence-corrected chi connectivity index (χ3v) is 7.60. The quantitative estimate of drug-likeness (QED) is 0.628. The number of aryl methyl sites for hydroxylation is 1. The maximum Gasteiger partial charge on any atom is 0.223 e. The van der Waals surface area contributed by atoms with Crippen LogP contribution in [-0.2, 0) is 21.4 Å². The molecule has 1 aliphatic heterocycles. The van der Waals surface area contributed by atoms with Crippen molar-refractivity contribution in [2.24, 2.45) is 5.92 Å². The average Bonchev–Trinajstić information content (AvgIpc) is 2.78. The van der Waals surface area contributed by atoms with E-state index in [-0.39, 0.29) is 17.6 Å². The Balaban J connectivity index is 1.53. The maximum atomic E-state index is 12.7. The molecule has 7 heteroatoms. The molecule has 1 aliphatic rings. The molecule has 6 nitrogen and oxygen atoms in total. The van der Waals surface area contributed by atoms with Crippen LogP contribution in [0, 0.1) is 12.8 Å². The van der Waals surface area contributed by atoms with Crippen LogP contribution in [0.5, 0.6) is 11.5 Å². The number of sulfonamides is 1. The number of nitrogens with zero attached hydrogens (tertiary/aromatic N) is 1. The second-order valence-electron chi connectivity index (χ2n) is 8.08. The third-order valence-electron chi connectivity index (χ3n) is 5.65. The molecule has 2 aromatic carbocycles. The van der Waals surface area contributed by atoms with Gasteiger partial charge in [0.1, 0.15) is 11.5 Å². The lowest BCUT2D eigenvalue weighted by Gasteiger charge is -2.30. The average molecular weight is 445 g/mol. The predicted molar refractivity (Wildman–Crippen MR) is 123 cm³/mol. The van der Waals surface area contributed by atoms with Gasteiger partial charge in [-0.2, -0.15) is 0 Å². The summed E-state index contributed by atoms with van der Waals surface area (Å²) in [6.07, 6.45) is 2.64. The van der Waals surface area contributed by atoms with Crippen LogP contribution in [0.1, 0.15) is 43.7 Å². The molecule has 1 fully saturated rings. The SMILES string of the molecule is CCCCS(=O)(=O)N1CCC(C(=O)NCc2ccccc2Oc2ccc(C)cc2)CC1. The summed E-state index contributed by atoms with van der Waals surface area (Å²) in [5.74, 6) is 1.46. The van der Waals surface area contributed by atoms with Crippen molar-refractivity contribution < 1.29 is 17.9 Å². The van der Waals surface area contributed by atoms with E-state index in [0.717, 1.165) is 23.3 Å². The first-order chi connectivity index (χ1) is 14.9. The topological polar surface area (TPSA) is 75.7 Å². The molecule has 1 amide bonds. The van der Waals surface area contributed by atoms with Crippen LogP contribution in [-0.4, -0.2) is 37.5 Å². The number of ether oxygens (including phenoxy) is 1. The molecule has 0 saturated carbocycles. The summed E-state index contributed by atoms with van der Waals surface area (Å²) >= 11 is 0. The summed E-state index contributed by atoms with van der Waals surface area (Å²) in [4.78, 5) is 12.7. The number of piperidine rings is 1. The third kappa shape index (κ3) is 6.55. The van der Waals surface area contributed by atoms with Crippen molar-refractivity contribution in [1.29, 1.82) is 0 Å². The van der Waals surface area contributed by atoms with Gasteiger partial charge in [0.15, 0.2) is 0 Å². The molecule has 0 unspecified atom stereocenters. The number of amides is 1. The van der Waals surface area contributed by atoms with Crippen molar-refractivity contribution in [2.45, 2.75) is 46.1 Å². The molecule has 0 bridgehead atoms. The molecule has 1 N–H and O–H groups in total. The number of nitrogens with one attached hydrogen (secondary N) is 1. The monoisotopic (exact) mass is 444 g/mol. The Hall–Kier alpha value is -2.38. The number of unbranched alkanes of at least 4 members (excludes halogenated alkanes) is 1. The van der Waals surface area contributed by atoms with Crippen LogP contribution in [0.2, 0.25) is 0 Å². The summed E-state index contributed by atoms with van der Waals surface area (Å²) in [6.45, 7) is 5.21. The maximum absolute atomic E-state index is 12.7. The van der Waals surface area contributed by atoms with Crippen LogP contribution in [0.3, 0.4) is 0 Å². The van der Waals surface area contributed by atoms with Crippen molar-refractivity contribution in [1.82, 2.24) is 9.62 Å². The van der Waals surface area contributed by atoms with Gasteiger partial charge in [0.2, 0.25) is 15.9 Å². The van der Waals surface area contributed by atoms with E-state index in [9.17, 15) is 13.2 Å². The van der Waals surface area contributed by atoms with E-state index in [4.69, 9.17) is 4.74 Å². The highest BCUT2D eigenvalue weighted by Crippen LogP contribution is 2.26. The smallest absolute Gasteiger partial charge is 0.223 e. The molecule has 0 aromatic heterocycles. The number of hydrogen-bond donors (Lipinski definition) is 1. The van der Waals surface area contributed by atoms with Gasteiger partial charge in [-0.25, -0.2) is 12.7 Å². The second-order valence-corrected chi connectivity index (χ2v) is 10.2. The first kappa shape index (κ1) is 23.3. The van der Waals surface area contributed by atoms with Crippen LogP contribution >= 0.6 is 0 Å². The zero-order valence-electron chi connectivity index (χ0n) is 18.3. The number of carbonyl (C=O) groups is 1. The van der Waals surface area contributed by atoms with Gasteiger partial charge < -0.3 is 10.1 Å². The number of para-hydroxylation sites is 1. The summed E-state index contributed by atoms with van der Waals surface area (Å²) in [6, 6.07) is 15.5. The Morgan fingerprint density at radius 2 is 1.77 bits per heavy atom. The Kier molecular flexibility index (Phi) is 8.09. The molecular formula is C24H32N2O4S. The van der Waals surface area contributed by atoms with Crippen molar-refractivity contribution in [3.05, 3.63) is 59.7 Å². The molecule has 168 valence electrons. The van der Waals surface area contributed by atoms with E-state index in [1.165, 1.54) is 4.31 Å². The molecule has 0 aliphatic carbocycles. The number of benzene rings is 2. The Labute approximate surface area is 185 Å². The highest BCUT2D eigenvalue weighted by atomic mass is 32.2. The van der Waals surface area contributed by atoms with Gasteiger partial charge in [0, 0.05) is 31.1 Å². The lowest BCUT2D eigenvalue weighted by Crippen LogP contribution is -2.43. The molecule has 1 heterocycles. The van der Waals surface area contributed by atoms with E-state index in [1.54, 1.807) is 0 Å². The van der Waals surface area contributed by atoms with E-state index in [2.05, 4.69) is 5.32 Å². The summed E-state index contributed by atoms with van der Waals surface area (Å²) in [5.41, 5.74) is 2.06. The molecule has 1 saturated heterocycles. The van der Waals surface area contributed by atoms with Gasteiger partial charge in [-0.3, -0.25) is 4.79 Å². The van der Waals surface area contributed by atoms with Gasteiger partial charge in [0.25, 0.3) is 0 Å². The van der Waals surface area contributed by atoms with Gasteiger partial charge in [-0.05, 0) is 44.4 Å². The first-order valence-corrected chi connectivity index (χ1v) is 12.6. The van der Waals surface area contributed by atoms with E-state index >= 15 is 0 Å². The van der Waals surface area contributed by atoms with Crippen LogP contribution in [0.25, 0.3) is 0 Å². The van der Waals surface area contributed by atoms with Crippen LogP contribution < -0.4 is 10.1 Å². The van der Waals surface area contributed by atoms with E-state index in [0.29, 0.717) is 44.6 Å². The lowest BCUT2D eigenvalue weighted by molar-refractivity contribution is -0.126. The standard InChI is InChI=1S/C24H32N2O4S/c1-3-4-17-31(28,29)26-15-13-20(14-16-26)24(27)25-18-21-7-5-6-8-23(21)30-22-11-9-19(2)10-12-22/h5-12,20H,3-4,13-18H2,1-2H3,(H,25,27). The lowest BCUT2D eigenvalue weighted by atomic mass is 9.97. The molecule has 0 spiro atoms. The number of rotatable bonds is 9. The van der Waals surface area contributed by atoms with E-state index < -0.39 is 10.0 Å². The minimum absolute atomic E-state index is 0.0317. The van der Waals surface area contributed by atoms with Gasteiger partial charge >= 0.3 is 0 Å². The Morgan fingerprint density at radius 3 is 2.45 bits per heavy atom. The van der Waals surface area contributed by atoms with Gasteiger partial charge in [-0.15, -0.1) is 0 Å². The van der Waals surface area contributed by atoms with Crippen molar-refractivity contribution >= 4 is 15.9 Å². The first-order valence-electron chi connectivity index (χ1n) is 11.0. The summed E-state index contributed by atoms with van der Waals surface area (Å²) in [5, 5.41) is 3.00. The zero-order chi connectivity index (χ0) is 22.3. The normalized spacial score (nSPS) is 15.5. The predicted octanol–water partition coefficient (Wildman–Crippen LogP) is 4.25. The summed E-state index contributed by atoms with van der Waals surface area (Å²) in [7, 11) is -3.20. The molecule has 0 atom stereocenters. The molecule has 3 rings (SSSR count). The minimum atomic E-state index is -3.20. The van der Waals surface area contributed by atoms with Crippen molar-refractivity contribution in [3.8, 4) is 11.5 Å². The van der Waals surface area contributed by atoms with Crippen molar-refractivity contribution in [2.75, 3.05) is 18.8 Å². The molecular weight excluding hydrogens is 412 g/mol. The number of hydrogen-bond acceptors (Lipinski definition) is 4. The fraction of sp³-hybridized carbons (Fsp3) is 0.458. The van der Waals surface area contributed by atoms with Gasteiger partial charge in [-0.1, -0.05) is 49.2 Å². The van der Waals surface area contributed by atoms with Crippen LogP contribution in [0.15, 0.2) is 48.5 Å². The van der Waals surface area contributed by atoms with Crippen molar-refractivity contribution in [3.63, 3.8) is 0 Å².